The smallest absolute Gasteiger partial charge is 0.407 e. The highest BCUT2D eigenvalue weighted by atomic mass is 35.5. The predicted molar refractivity (Wildman–Crippen MR) is 147 cm³/mol. The summed E-state index contributed by atoms with van der Waals surface area (Å²) in [5, 5.41) is 15.4. The van der Waals surface area contributed by atoms with Gasteiger partial charge in [0.1, 0.15) is 24.5 Å². The van der Waals surface area contributed by atoms with Crippen molar-refractivity contribution in [3.8, 4) is 5.75 Å². The number of aryl methyl sites for hydroxylation is 2. The fourth-order valence-corrected chi connectivity index (χ4v) is 5.74. The van der Waals surface area contributed by atoms with Crippen LogP contribution in [-0.2, 0) is 13.0 Å². The van der Waals surface area contributed by atoms with E-state index in [9.17, 15) is 9.90 Å². The lowest BCUT2D eigenvalue weighted by Gasteiger charge is -2.38. The van der Waals surface area contributed by atoms with Crippen LogP contribution in [0.4, 0.5) is 10.6 Å². The maximum absolute atomic E-state index is 11.3. The Bertz CT molecular complexity index is 1530. The number of nitrogen functional groups attached to an aromatic ring is 1. The first-order valence-electron chi connectivity index (χ1n) is 12.7. The van der Waals surface area contributed by atoms with Gasteiger partial charge >= 0.3 is 6.09 Å². The number of benzene rings is 2. The molecule has 0 spiro atoms. The summed E-state index contributed by atoms with van der Waals surface area (Å²) in [5.74, 6) is 1.31. The molecule has 4 aromatic rings. The van der Waals surface area contributed by atoms with Crippen molar-refractivity contribution in [1.82, 2.24) is 24.6 Å². The first-order valence-corrected chi connectivity index (χ1v) is 13.0. The van der Waals surface area contributed by atoms with Crippen LogP contribution in [0.3, 0.4) is 0 Å². The second-order valence-electron chi connectivity index (χ2n) is 9.81. The van der Waals surface area contributed by atoms with E-state index in [0.29, 0.717) is 36.2 Å². The quantitative estimate of drug-likeness (QED) is 0.321. The van der Waals surface area contributed by atoms with Gasteiger partial charge in [0.15, 0.2) is 5.65 Å². The molecule has 5 rings (SSSR count). The van der Waals surface area contributed by atoms with E-state index in [2.05, 4.69) is 23.8 Å². The third kappa shape index (κ3) is 4.51. The number of hydrogen-bond acceptors (Lipinski definition) is 6. The molecule has 2 aromatic heterocycles. The average molecular weight is 535 g/mol. The minimum absolute atomic E-state index is 0.119. The largest absolute Gasteiger partial charge is 0.489 e. The van der Waals surface area contributed by atoms with Gasteiger partial charge in [-0.05, 0) is 67.6 Å². The van der Waals surface area contributed by atoms with Gasteiger partial charge in [0.2, 0.25) is 0 Å². The molecule has 0 saturated carbocycles. The maximum Gasteiger partial charge on any atom is 0.407 e. The SMILES string of the molecule is CCc1c(COc2cccc(C)c2C2CN(C(=O)O)C2)cc(Cl)cc1C(C)n1nc(C)c2c(N)ncnc21. The molecule has 198 valence electrons. The fourth-order valence-electron chi connectivity index (χ4n) is 5.50. The number of carbonyl (C=O) groups is 1. The Morgan fingerprint density at radius 1 is 1.26 bits per heavy atom. The third-order valence-electron chi connectivity index (χ3n) is 7.43. The average Bonchev–Trinajstić information content (AvgIpc) is 3.19. The van der Waals surface area contributed by atoms with Crippen LogP contribution < -0.4 is 10.5 Å². The molecule has 0 radical (unpaired) electrons. The molecule has 3 N–H and O–H groups in total. The van der Waals surface area contributed by atoms with Gasteiger partial charge in [-0.15, -0.1) is 0 Å². The van der Waals surface area contributed by atoms with E-state index in [1.54, 1.807) is 0 Å². The van der Waals surface area contributed by atoms with Crippen LogP contribution in [0.15, 0.2) is 36.7 Å². The summed E-state index contributed by atoms with van der Waals surface area (Å²) in [6, 6.07) is 9.73. The van der Waals surface area contributed by atoms with Gasteiger partial charge in [0.05, 0.1) is 17.1 Å². The van der Waals surface area contributed by atoms with Gasteiger partial charge in [0.25, 0.3) is 0 Å². The van der Waals surface area contributed by atoms with Crippen LogP contribution in [0.25, 0.3) is 11.0 Å². The number of anilines is 1. The van der Waals surface area contributed by atoms with Crippen molar-refractivity contribution in [3.63, 3.8) is 0 Å². The van der Waals surface area contributed by atoms with Crippen LogP contribution in [-0.4, -0.2) is 48.9 Å². The highest BCUT2D eigenvalue weighted by Crippen LogP contribution is 2.37. The van der Waals surface area contributed by atoms with Crippen molar-refractivity contribution in [2.75, 3.05) is 18.8 Å². The van der Waals surface area contributed by atoms with Gasteiger partial charge in [-0.1, -0.05) is 30.7 Å². The Hall–Kier alpha value is -3.85. The molecule has 1 unspecified atom stereocenters. The lowest BCUT2D eigenvalue weighted by Crippen LogP contribution is -2.48. The lowest BCUT2D eigenvalue weighted by atomic mass is 9.88. The number of likely N-dealkylation sites (tertiary alicyclic amines) is 1. The Morgan fingerprint density at radius 2 is 2.03 bits per heavy atom. The number of ether oxygens (including phenoxy) is 1. The third-order valence-corrected chi connectivity index (χ3v) is 7.65. The second kappa shape index (κ2) is 10.1. The summed E-state index contributed by atoms with van der Waals surface area (Å²) in [7, 11) is 0. The maximum atomic E-state index is 11.3. The zero-order valence-electron chi connectivity index (χ0n) is 21.9. The first kappa shape index (κ1) is 25.8. The van der Waals surface area contributed by atoms with Crippen molar-refractivity contribution in [2.45, 2.75) is 52.7 Å². The molecule has 2 aromatic carbocycles. The number of nitrogens with two attached hydrogens (primary N) is 1. The molecule has 1 fully saturated rings. The molecular formula is C28H31ClN6O3. The molecule has 10 heteroatoms. The van der Waals surface area contributed by atoms with E-state index in [1.807, 2.05) is 48.9 Å². The van der Waals surface area contributed by atoms with Crippen molar-refractivity contribution in [3.05, 3.63) is 75.2 Å². The van der Waals surface area contributed by atoms with Crippen LogP contribution in [0, 0.1) is 13.8 Å². The molecule has 1 amide bonds. The summed E-state index contributed by atoms with van der Waals surface area (Å²) in [5.41, 5.74) is 12.9. The second-order valence-corrected chi connectivity index (χ2v) is 10.2. The summed E-state index contributed by atoms with van der Waals surface area (Å²) in [4.78, 5) is 21.3. The van der Waals surface area contributed by atoms with Crippen molar-refractivity contribution in [2.24, 2.45) is 0 Å². The molecule has 0 bridgehead atoms. The van der Waals surface area contributed by atoms with Crippen LogP contribution in [0.2, 0.25) is 5.02 Å². The summed E-state index contributed by atoms with van der Waals surface area (Å²) in [6.45, 7) is 9.41. The van der Waals surface area contributed by atoms with E-state index < -0.39 is 6.09 Å². The van der Waals surface area contributed by atoms with E-state index in [0.717, 1.165) is 51.1 Å². The van der Waals surface area contributed by atoms with Crippen molar-refractivity contribution < 1.29 is 14.6 Å². The Kier molecular flexibility index (Phi) is 6.88. The van der Waals surface area contributed by atoms with Gasteiger partial charge in [-0.3, -0.25) is 0 Å². The van der Waals surface area contributed by atoms with Crippen LogP contribution in [0.5, 0.6) is 5.75 Å². The zero-order chi connectivity index (χ0) is 27.1. The monoisotopic (exact) mass is 534 g/mol. The molecule has 38 heavy (non-hydrogen) atoms. The predicted octanol–water partition coefficient (Wildman–Crippen LogP) is 5.51. The minimum Gasteiger partial charge on any atom is -0.489 e. The van der Waals surface area contributed by atoms with E-state index >= 15 is 0 Å². The summed E-state index contributed by atoms with van der Waals surface area (Å²) < 4.78 is 8.28. The molecular weight excluding hydrogens is 504 g/mol. The first-order chi connectivity index (χ1) is 18.2. The Labute approximate surface area is 226 Å². The van der Waals surface area contributed by atoms with Gasteiger partial charge < -0.3 is 20.5 Å². The number of aromatic nitrogens is 4. The Balaban J connectivity index is 1.47. The molecule has 0 aliphatic carbocycles. The number of hydrogen-bond donors (Lipinski definition) is 2. The topological polar surface area (TPSA) is 119 Å². The molecule has 1 aliphatic heterocycles. The van der Waals surface area contributed by atoms with Gasteiger partial charge in [0, 0.05) is 29.6 Å². The number of amides is 1. The Morgan fingerprint density at radius 3 is 2.74 bits per heavy atom. The number of halogens is 1. The van der Waals surface area contributed by atoms with Gasteiger partial charge in [-0.2, -0.15) is 5.10 Å². The number of carboxylic acid groups (broad SMARTS) is 1. The normalized spacial score (nSPS) is 14.5. The molecule has 1 aliphatic rings. The highest BCUT2D eigenvalue weighted by molar-refractivity contribution is 6.30. The van der Waals surface area contributed by atoms with Crippen molar-refractivity contribution in [1.29, 1.82) is 0 Å². The van der Waals surface area contributed by atoms with E-state index in [-0.39, 0.29) is 12.0 Å². The molecule has 1 saturated heterocycles. The zero-order valence-corrected chi connectivity index (χ0v) is 22.7. The summed E-state index contributed by atoms with van der Waals surface area (Å²) in [6.07, 6.45) is 1.35. The highest BCUT2D eigenvalue weighted by Gasteiger charge is 2.34. The van der Waals surface area contributed by atoms with E-state index in [1.165, 1.54) is 11.2 Å². The standard InChI is InChI=1S/C28H31ClN6O3/c1-5-21-18(13-38-23-8-6-7-15(2)24(23)19-11-34(12-19)28(36)37)9-20(29)10-22(21)17(4)35-27-25(16(3)33-35)26(30)31-14-32-27/h6-10,14,17,19H,5,11-13H2,1-4H3,(H,36,37)(H2,30,31,32). The van der Waals surface area contributed by atoms with Crippen LogP contribution in [0.1, 0.15) is 59.3 Å². The number of nitrogens with zero attached hydrogens (tertiary/aromatic N) is 5. The number of fused-ring (bicyclic) bond motifs is 1. The fraction of sp³-hybridized carbons (Fsp3) is 0.357. The molecule has 3 heterocycles. The van der Waals surface area contributed by atoms with Gasteiger partial charge in [-0.25, -0.2) is 19.4 Å². The lowest BCUT2D eigenvalue weighted by molar-refractivity contribution is 0.104. The van der Waals surface area contributed by atoms with Crippen LogP contribution >= 0.6 is 11.6 Å². The summed E-state index contributed by atoms with van der Waals surface area (Å²) >= 11 is 6.63. The van der Waals surface area contributed by atoms with Crippen molar-refractivity contribution >= 4 is 34.5 Å². The van der Waals surface area contributed by atoms with E-state index in [4.69, 9.17) is 27.2 Å². The minimum atomic E-state index is -0.889. The molecule has 9 nitrogen and oxygen atoms in total. The number of rotatable bonds is 7. The molecule has 1 atom stereocenters.